The SMILES string of the molecule is CC[C@@]1(O)C(=O)OCc2c1cc1n(c2=O)Cc2c-1nc1cc(F)c(C)c3c1c2[C@@H](NC(=O)CNC(=O)CCC(=O)CNC(=O)[C@H](Cc1ccccc1)NC(=O)CNC(=O)CN)CC3. The minimum absolute atomic E-state index is 0.0444. The fourth-order valence-electron chi connectivity index (χ4n) is 8.42. The van der Waals surface area contributed by atoms with Gasteiger partial charge in [-0.1, -0.05) is 37.3 Å². The number of pyridine rings is 2. The van der Waals surface area contributed by atoms with Gasteiger partial charge in [-0.25, -0.2) is 14.2 Å². The molecule has 4 aromatic rings. The summed E-state index contributed by atoms with van der Waals surface area (Å²) in [5.41, 5.74) is 7.16. The number of cyclic esters (lactones) is 1. The molecule has 2 aliphatic heterocycles. The number of aromatic nitrogens is 2. The number of hydrogen-bond acceptors (Lipinski definition) is 12. The fraction of sp³-hybridized carbons (Fsp3) is 0.386. The Kier molecular flexibility index (Phi) is 12.8. The van der Waals surface area contributed by atoms with Crippen LogP contribution in [0.15, 0.2) is 47.3 Å². The molecule has 3 aliphatic rings. The van der Waals surface area contributed by atoms with Crippen LogP contribution in [0.3, 0.4) is 0 Å². The first-order valence-electron chi connectivity index (χ1n) is 20.6. The maximum atomic E-state index is 15.3. The van der Waals surface area contributed by atoms with Gasteiger partial charge in [0.15, 0.2) is 11.4 Å². The Balaban J connectivity index is 0.989. The molecule has 7 rings (SSSR count). The van der Waals surface area contributed by atoms with Crippen molar-refractivity contribution in [1.29, 1.82) is 0 Å². The third-order valence-corrected chi connectivity index (χ3v) is 11.8. The normalized spacial score (nSPS) is 17.3. The lowest BCUT2D eigenvalue weighted by atomic mass is 9.81. The molecule has 5 amide bonds. The standard InChI is InChI=1S/C44H47FN8O10/c1-3-44(62)28-14-33-40-26(20-53(33)42(60)27(28)21-63-43(44)61)39-30(11-10-25-22(2)29(45)15-31(52-40)38(25)39)50-36(57)18-47-34(55)12-9-24(54)17-49-41(59)32(13-23-7-5-4-6-8-23)51-37(58)19-48-35(56)16-46/h4-8,14-15,30,32,62H,3,9-13,16-21,46H2,1-2H3,(H,47,55)(H,48,56)(H,49,59)(H,50,57)(H,51,58)/t30-,32-,44-/m0/s1. The lowest BCUT2D eigenvalue weighted by Crippen LogP contribution is -2.51. The van der Waals surface area contributed by atoms with E-state index >= 15 is 4.39 Å². The van der Waals surface area contributed by atoms with Crippen molar-refractivity contribution in [1.82, 2.24) is 36.1 Å². The molecule has 0 radical (unpaired) electrons. The molecule has 2 aromatic carbocycles. The maximum absolute atomic E-state index is 15.3. The van der Waals surface area contributed by atoms with E-state index in [1.165, 1.54) is 10.6 Å². The van der Waals surface area contributed by atoms with Crippen molar-refractivity contribution >= 4 is 52.2 Å². The van der Waals surface area contributed by atoms with Crippen molar-refractivity contribution in [3.8, 4) is 11.4 Å². The van der Waals surface area contributed by atoms with E-state index in [0.717, 1.165) is 11.1 Å². The first-order chi connectivity index (χ1) is 30.1. The zero-order valence-corrected chi connectivity index (χ0v) is 34.7. The number of aliphatic hydroxyl groups is 1. The van der Waals surface area contributed by atoms with E-state index in [4.69, 9.17) is 15.5 Å². The number of Topliss-reactive ketones (excluding diaryl/α,β-unsaturated/α-hetero) is 1. The first kappa shape index (κ1) is 44.2. The third-order valence-electron chi connectivity index (χ3n) is 11.8. The summed E-state index contributed by atoms with van der Waals surface area (Å²) in [6.45, 7) is 1.42. The highest BCUT2D eigenvalue weighted by Crippen LogP contribution is 2.46. The van der Waals surface area contributed by atoms with Gasteiger partial charge >= 0.3 is 5.97 Å². The minimum Gasteiger partial charge on any atom is -0.458 e. The molecule has 330 valence electrons. The molecule has 0 fully saturated rings. The Morgan fingerprint density at radius 1 is 0.952 bits per heavy atom. The Bertz CT molecular complexity index is 2630. The number of carbonyl (C=O) groups excluding carboxylic acids is 7. The molecule has 18 nitrogen and oxygen atoms in total. The lowest BCUT2D eigenvalue weighted by molar-refractivity contribution is -0.172. The summed E-state index contributed by atoms with van der Waals surface area (Å²) in [4.78, 5) is 107. The highest BCUT2D eigenvalue weighted by molar-refractivity contribution is 5.96. The van der Waals surface area contributed by atoms with Crippen LogP contribution in [0.2, 0.25) is 0 Å². The van der Waals surface area contributed by atoms with E-state index in [1.54, 1.807) is 50.2 Å². The van der Waals surface area contributed by atoms with Crippen molar-refractivity contribution < 1.29 is 47.8 Å². The van der Waals surface area contributed by atoms with Gasteiger partial charge in [0.2, 0.25) is 29.5 Å². The average Bonchev–Trinajstić information content (AvgIpc) is 3.65. The van der Waals surface area contributed by atoms with Crippen molar-refractivity contribution in [2.45, 2.75) is 83.2 Å². The van der Waals surface area contributed by atoms with Gasteiger partial charge in [-0.05, 0) is 54.5 Å². The second kappa shape index (κ2) is 18.2. The molecule has 8 N–H and O–H groups in total. The molecule has 3 atom stereocenters. The molecule has 1 aliphatic carbocycles. The summed E-state index contributed by atoms with van der Waals surface area (Å²) in [5, 5.41) is 24.8. The van der Waals surface area contributed by atoms with Gasteiger partial charge < -0.3 is 46.7 Å². The summed E-state index contributed by atoms with van der Waals surface area (Å²) in [6, 6.07) is 10.0. The number of benzene rings is 2. The zero-order chi connectivity index (χ0) is 45.2. The third kappa shape index (κ3) is 8.92. The number of amides is 5. The molecule has 63 heavy (non-hydrogen) atoms. The van der Waals surface area contributed by atoms with E-state index in [1.807, 2.05) is 0 Å². The lowest BCUT2D eigenvalue weighted by Gasteiger charge is -2.31. The van der Waals surface area contributed by atoms with Crippen molar-refractivity contribution in [3.05, 3.63) is 97.6 Å². The van der Waals surface area contributed by atoms with Crippen LogP contribution in [0.25, 0.3) is 22.3 Å². The number of esters is 1. The molecular weight excluding hydrogens is 820 g/mol. The Labute approximate surface area is 359 Å². The number of hydrogen-bond donors (Lipinski definition) is 7. The van der Waals surface area contributed by atoms with E-state index in [-0.39, 0.29) is 56.5 Å². The Hall–Kier alpha value is -6.86. The smallest absolute Gasteiger partial charge is 0.343 e. The molecule has 0 unspecified atom stereocenters. The topological polar surface area (TPSA) is 270 Å². The fourth-order valence-corrected chi connectivity index (χ4v) is 8.42. The van der Waals surface area contributed by atoms with Crippen LogP contribution in [0.1, 0.15) is 77.6 Å². The number of aryl methyl sites for hydroxylation is 1. The van der Waals surface area contributed by atoms with Crippen LogP contribution < -0.4 is 37.9 Å². The number of halogens is 1. The van der Waals surface area contributed by atoms with E-state index in [9.17, 15) is 43.5 Å². The van der Waals surface area contributed by atoms with Crippen LogP contribution in [0, 0.1) is 12.7 Å². The van der Waals surface area contributed by atoms with Crippen LogP contribution >= 0.6 is 0 Å². The number of nitrogens with one attached hydrogen (secondary N) is 5. The van der Waals surface area contributed by atoms with E-state index in [0.29, 0.717) is 51.8 Å². The Morgan fingerprint density at radius 3 is 2.41 bits per heavy atom. The van der Waals surface area contributed by atoms with Gasteiger partial charge in [0.25, 0.3) is 5.56 Å². The van der Waals surface area contributed by atoms with Crippen LogP contribution in [0.4, 0.5) is 4.39 Å². The second-order valence-corrected chi connectivity index (χ2v) is 15.8. The summed E-state index contributed by atoms with van der Waals surface area (Å²) in [5.74, 6) is -4.80. The molecule has 0 spiro atoms. The number of rotatable bonds is 16. The Morgan fingerprint density at radius 2 is 1.68 bits per heavy atom. The van der Waals surface area contributed by atoms with Crippen LogP contribution in [-0.4, -0.2) is 88.2 Å². The van der Waals surface area contributed by atoms with Crippen molar-refractivity contribution in [2.75, 3.05) is 26.2 Å². The summed E-state index contributed by atoms with van der Waals surface area (Å²) in [6.07, 6.45) is 0.277. The van der Waals surface area contributed by atoms with Gasteiger partial charge in [0.05, 0.1) is 61.2 Å². The highest BCUT2D eigenvalue weighted by atomic mass is 19.1. The van der Waals surface area contributed by atoms with Crippen LogP contribution in [-0.2, 0) is 69.9 Å². The summed E-state index contributed by atoms with van der Waals surface area (Å²) >= 11 is 0. The van der Waals surface area contributed by atoms with Gasteiger partial charge in [-0.3, -0.25) is 33.6 Å². The van der Waals surface area contributed by atoms with Gasteiger partial charge in [-0.2, -0.15) is 0 Å². The summed E-state index contributed by atoms with van der Waals surface area (Å²) < 4.78 is 22.0. The monoisotopic (exact) mass is 866 g/mol. The number of ether oxygens (including phenoxy) is 1. The van der Waals surface area contributed by atoms with Crippen LogP contribution in [0.5, 0.6) is 0 Å². The van der Waals surface area contributed by atoms with Gasteiger partial charge in [-0.15, -0.1) is 0 Å². The van der Waals surface area contributed by atoms with Crippen molar-refractivity contribution in [3.63, 3.8) is 0 Å². The van der Waals surface area contributed by atoms with Crippen molar-refractivity contribution in [2.24, 2.45) is 5.73 Å². The molecule has 4 heterocycles. The quantitative estimate of drug-likeness (QED) is 0.0647. The second-order valence-electron chi connectivity index (χ2n) is 15.8. The van der Waals surface area contributed by atoms with E-state index in [2.05, 4.69) is 26.6 Å². The summed E-state index contributed by atoms with van der Waals surface area (Å²) in [7, 11) is 0. The number of nitrogens with two attached hydrogens (primary N) is 1. The molecule has 19 heteroatoms. The molecule has 0 bridgehead atoms. The molecular formula is C44H47FN8O10. The maximum Gasteiger partial charge on any atom is 0.343 e. The average molecular weight is 867 g/mol. The number of fused-ring (bicyclic) bond motifs is 5. The molecule has 0 saturated carbocycles. The molecule has 2 aromatic heterocycles. The van der Waals surface area contributed by atoms with Gasteiger partial charge in [0.1, 0.15) is 18.5 Å². The number of ketones is 1. The largest absolute Gasteiger partial charge is 0.458 e. The number of nitrogens with zero attached hydrogens (tertiary/aromatic N) is 2. The minimum atomic E-state index is -2.04. The van der Waals surface area contributed by atoms with Gasteiger partial charge in [0, 0.05) is 41.8 Å². The first-order valence-corrected chi connectivity index (χ1v) is 20.6. The number of carbonyl (C=O) groups is 7. The van der Waals surface area contributed by atoms with E-state index < -0.39 is 90.0 Å². The predicted molar refractivity (Wildman–Crippen MR) is 223 cm³/mol. The highest BCUT2D eigenvalue weighted by Gasteiger charge is 2.46. The molecule has 0 saturated heterocycles. The zero-order valence-electron chi connectivity index (χ0n) is 34.7. The predicted octanol–water partition coefficient (Wildman–Crippen LogP) is 0.0147.